The van der Waals surface area contributed by atoms with Gasteiger partial charge in [0.25, 0.3) is 0 Å². The first-order valence-electron chi connectivity index (χ1n) is 7.61. The lowest BCUT2D eigenvalue weighted by molar-refractivity contribution is -0.136. The van der Waals surface area contributed by atoms with Gasteiger partial charge in [0.1, 0.15) is 5.38 Å². The minimum atomic E-state index is -0.982. The lowest BCUT2D eigenvalue weighted by Crippen LogP contribution is -2.20. The van der Waals surface area contributed by atoms with Gasteiger partial charge in [-0.2, -0.15) is 0 Å². The second-order valence-corrected chi connectivity index (χ2v) is 6.51. The van der Waals surface area contributed by atoms with E-state index in [0.717, 1.165) is 10.9 Å². The van der Waals surface area contributed by atoms with Gasteiger partial charge in [0.15, 0.2) is 0 Å². The van der Waals surface area contributed by atoms with Crippen molar-refractivity contribution in [2.75, 3.05) is 0 Å². The van der Waals surface area contributed by atoms with Crippen molar-refractivity contribution >= 4 is 49.9 Å². The summed E-state index contributed by atoms with van der Waals surface area (Å²) in [7, 11) is 0. The fraction of sp³-hybridized carbons (Fsp3) is 0.150. The Morgan fingerprint density at radius 2 is 1.48 bits per heavy atom. The Hall–Kier alpha value is -2.32. The quantitative estimate of drug-likeness (QED) is 0.406. The Labute approximate surface area is 138 Å². The van der Waals surface area contributed by atoms with Crippen molar-refractivity contribution in [3.8, 4) is 0 Å². The molecule has 1 unspecified atom stereocenters. The van der Waals surface area contributed by atoms with Gasteiger partial charge in [-0.25, -0.2) is 0 Å². The van der Waals surface area contributed by atoms with Crippen LogP contribution >= 0.6 is 11.6 Å². The SMILES string of the molecule is C[C@@H](c1ccc2ccc3cccc4ccc1c2c34)C(Cl)C(=O)O. The van der Waals surface area contributed by atoms with Crippen molar-refractivity contribution in [1.29, 1.82) is 0 Å². The van der Waals surface area contributed by atoms with Gasteiger partial charge >= 0.3 is 5.97 Å². The average Bonchev–Trinajstić information content (AvgIpc) is 2.58. The number of halogens is 1. The Morgan fingerprint density at radius 3 is 2.13 bits per heavy atom. The van der Waals surface area contributed by atoms with Crippen LogP contribution in [-0.2, 0) is 4.79 Å². The van der Waals surface area contributed by atoms with Gasteiger partial charge < -0.3 is 5.11 Å². The van der Waals surface area contributed by atoms with E-state index in [2.05, 4.69) is 48.5 Å². The van der Waals surface area contributed by atoms with E-state index in [1.165, 1.54) is 26.9 Å². The predicted molar refractivity (Wildman–Crippen MR) is 95.8 cm³/mol. The van der Waals surface area contributed by atoms with Crippen molar-refractivity contribution in [3.63, 3.8) is 0 Å². The zero-order valence-corrected chi connectivity index (χ0v) is 13.3. The van der Waals surface area contributed by atoms with Crippen LogP contribution in [0, 0.1) is 0 Å². The van der Waals surface area contributed by atoms with Gasteiger partial charge in [0.05, 0.1) is 0 Å². The highest BCUT2D eigenvalue weighted by Gasteiger charge is 2.25. The van der Waals surface area contributed by atoms with Gasteiger partial charge in [-0.1, -0.05) is 61.5 Å². The van der Waals surface area contributed by atoms with E-state index in [4.69, 9.17) is 11.6 Å². The maximum atomic E-state index is 11.3. The number of aliphatic carboxylic acids is 1. The molecule has 0 heterocycles. The van der Waals surface area contributed by atoms with Crippen LogP contribution in [0.5, 0.6) is 0 Å². The maximum Gasteiger partial charge on any atom is 0.322 e. The lowest BCUT2D eigenvalue weighted by Gasteiger charge is -2.19. The Morgan fingerprint density at radius 1 is 0.913 bits per heavy atom. The molecule has 0 aliphatic heterocycles. The molecule has 2 atom stereocenters. The van der Waals surface area contributed by atoms with Crippen LogP contribution in [0.25, 0.3) is 32.3 Å². The predicted octanol–water partition coefficient (Wildman–Crippen LogP) is 5.38. The topological polar surface area (TPSA) is 37.3 Å². The summed E-state index contributed by atoms with van der Waals surface area (Å²) in [5.41, 5.74) is 0.984. The third kappa shape index (κ3) is 2.06. The monoisotopic (exact) mass is 322 g/mol. The molecule has 0 radical (unpaired) electrons. The summed E-state index contributed by atoms with van der Waals surface area (Å²) in [4.78, 5) is 11.3. The minimum absolute atomic E-state index is 0.265. The highest BCUT2D eigenvalue weighted by Crippen LogP contribution is 2.39. The maximum absolute atomic E-state index is 11.3. The normalized spacial score (nSPS) is 14.5. The van der Waals surface area contributed by atoms with E-state index in [1.54, 1.807) is 0 Å². The molecule has 0 fully saturated rings. The van der Waals surface area contributed by atoms with E-state index < -0.39 is 11.3 Å². The summed E-state index contributed by atoms with van der Waals surface area (Å²) in [5, 5.41) is 15.4. The molecule has 0 aromatic heterocycles. The molecule has 23 heavy (non-hydrogen) atoms. The average molecular weight is 323 g/mol. The molecule has 114 valence electrons. The number of carboxylic acid groups (broad SMARTS) is 1. The zero-order chi connectivity index (χ0) is 16.1. The molecule has 3 heteroatoms. The molecular formula is C20H15ClO2. The molecule has 0 amide bonds. The summed E-state index contributed by atoms with van der Waals surface area (Å²) in [6, 6.07) is 18.8. The van der Waals surface area contributed by atoms with Crippen LogP contribution in [0.3, 0.4) is 0 Å². The summed E-state index contributed by atoms with van der Waals surface area (Å²) in [6.45, 7) is 1.87. The highest BCUT2D eigenvalue weighted by molar-refractivity contribution is 6.30. The van der Waals surface area contributed by atoms with Gasteiger partial charge in [0.2, 0.25) is 0 Å². The molecule has 0 saturated carbocycles. The molecule has 0 aliphatic rings. The molecule has 1 N–H and O–H groups in total. The Balaban J connectivity index is 2.09. The van der Waals surface area contributed by atoms with Crippen molar-refractivity contribution in [3.05, 3.63) is 60.2 Å². The molecule has 0 saturated heterocycles. The van der Waals surface area contributed by atoms with Gasteiger partial charge in [0, 0.05) is 5.92 Å². The third-order valence-electron chi connectivity index (χ3n) is 4.73. The van der Waals surface area contributed by atoms with Crippen LogP contribution in [0.1, 0.15) is 18.4 Å². The molecule has 0 aliphatic carbocycles. The zero-order valence-electron chi connectivity index (χ0n) is 12.6. The lowest BCUT2D eigenvalue weighted by atomic mass is 9.87. The molecule has 0 bridgehead atoms. The summed E-state index contributed by atoms with van der Waals surface area (Å²) >= 11 is 6.09. The minimum Gasteiger partial charge on any atom is -0.480 e. The molecule has 4 rings (SSSR count). The van der Waals surface area contributed by atoms with Crippen LogP contribution in [-0.4, -0.2) is 16.5 Å². The highest BCUT2D eigenvalue weighted by atomic mass is 35.5. The number of carbonyl (C=O) groups is 1. The van der Waals surface area contributed by atoms with Crippen LogP contribution in [0.15, 0.2) is 54.6 Å². The van der Waals surface area contributed by atoms with Crippen LogP contribution < -0.4 is 0 Å². The third-order valence-corrected chi connectivity index (χ3v) is 5.29. The Bertz CT molecular complexity index is 1020. The fourth-order valence-electron chi connectivity index (χ4n) is 3.53. The molecule has 0 spiro atoms. The molecule has 4 aromatic rings. The fourth-order valence-corrected chi connectivity index (χ4v) is 3.66. The molecule has 4 aromatic carbocycles. The van der Waals surface area contributed by atoms with E-state index in [1.807, 2.05) is 13.0 Å². The van der Waals surface area contributed by atoms with Crippen molar-refractivity contribution in [1.82, 2.24) is 0 Å². The second kappa shape index (κ2) is 5.10. The first-order chi connectivity index (χ1) is 11.1. The smallest absolute Gasteiger partial charge is 0.322 e. The number of alkyl halides is 1. The van der Waals surface area contributed by atoms with Gasteiger partial charge in [-0.3, -0.25) is 4.79 Å². The second-order valence-electron chi connectivity index (χ2n) is 6.04. The van der Waals surface area contributed by atoms with Crippen molar-refractivity contribution in [2.45, 2.75) is 18.2 Å². The van der Waals surface area contributed by atoms with Crippen LogP contribution in [0.4, 0.5) is 0 Å². The van der Waals surface area contributed by atoms with E-state index >= 15 is 0 Å². The number of rotatable bonds is 3. The van der Waals surface area contributed by atoms with E-state index in [-0.39, 0.29) is 5.92 Å². The summed E-state index contributed by atoms with van der Waals surface area (Å²) in [5.74, 6) is -1.25. The first-order valence-corrected chi connectivity index (χ1v) is 8.05. The number of hydrogen-bond donors (Lipinski definition) is 1. The Kier molecular flexibility index (Phi) is 3.17. The van der Waals surface area contributed by atoms with Crippen LogP contribution in [0.2, 0.25) is 0 Å². The van der Waals surface area contributed by atoms with Gasteiger partial charge in [-0.15, -0.1) is 11.6 Å². The van der Waals surface area contributed by atoms with E-state index in [9.17, 15) is 9.90 Å². The molecule has 2 nitrogen and oxygen atoms in total. The van der Waals surface area contributed by atoms with Gasteiger partial charge in [-0.05, 0) is 37.9 Å². The summed E-state index contributed by atoms with van der Waals surface area (Å²) in [6.07, 6.45) is 0. The number of carboxylic acids is 1. The first kappa shape index (κ1) is 14.3. The standard InChI is InChI=1S/C20H15ClO2/c1-11(19(21)20(22)23)15-9-7-14-6-5-12-3-2-4-13-8-10-16(15)18(14)17(12)13/h2-11,19H,1H3,(H,22,23)/t11-,19?/m0/s1. The number of hydrogen-bond acceptors (Lipinski definition) is 1. The largest absolute Gasteiger partial charge is 0.480 e. The summed E-state index contributed by atoms with van der Waals surface area (Å²) < 4.78 is 0. The number of benzene rings is 4. The van der Waals surface area contributed by atoms with E-state index in [0.29, 0.717) is 0 Å². The van der Waals surface area contributed by atoms with Crippen molar-refractivity contribution in [2.24, 2.45) is 0 Å². The molecular weight excluding hydrogens is 308 g/mol. The van der Waals surface area contributed by atoms with Crippen molar-refractivity contribution < 1.29 is 9.90 Å².